The summed E-state index contributed by atoms with van der Waals surface area (Å²) in [6.07, 6.45) is 3.91. The zero-order chi connectivity index (χ0) is 23.2. The molecule has 0 fully saturated rings. The first-order valence-corrected chi connectivity index (χ1v) is 11.0. The topological polar surface area (TPSA) is 90.5 Å². The number of aromatic nitrogens is 6. The fraction of sp³-hybridized carbons (Fsp3) is 0.115. The van der Waals surface area contributed by atoms with Crippen molar-refractivity contribution in [1.82, 2.24) is 35.3 Å². The van der Waals surface area contributed by atoms with Crippen molar-refractivity contribution < 1.29 is 4.79 Å². The van der Waals surface area contributed by atoms with Crippen molar-refractivity contribution in [2.75, 3.05) is 0 Å². The van der Waals surface area contributed by atoms with Crippen LogP contribution >= 0.6 is 0 Å². The van der Waals surface area contributed by atoms with E-state index in [0.29, 0.717) is 13.0 Å². The fourth-order valence-corrected chi connectivity index (χ4v) is 3.85. The van der Waals surface area contributed by atoms with E-state index in [0.717, 1.165) is 28.1 Å². The highest BCUT2D eigenvalue weighted by molar-refractivity contribution is 5.80. The zero-order valence-corrected chi connectivity index (χ0v) is 18.4. The molecule has 8 nitrogen and oxygen atoms in total. The van der Waals surface area contributed by atoms with Crippen LogP contribution in [0.2, 0.25) is 0 Å². The highest BCUT2D eigenvalue weighted by Gasteiger charge is 2.23. The molecular weight excluding hydrogens is 426 g/mol. The third-order valence-corrected chi connectivity index (χ3v) is 5.57. The Hall–Kier alpha value is -4.59. The Morgan fingerprint density at radius 2 is 1.56 bits per heavy atom. The summed E-state index contributed by atoms with van der Waals surface area (Å²) in [6.45, 7) is 0.323. The number of carbonyl (C=O) groups is 1. The molecule has 0 aliphatic carbocycles. The Balaban J connectivity index is 1.41. The van der Waals surface area contributed by atoms with Crippen molar-refractivity contribution in [2.24, 2.45) is 0 Å². The van der Waals surface area contributed by atoms with Gasteiger partial charge in [0.25, 0.3) is 0 Å². The largest absolute Gasteiger partial charge is 0.350 e. The SMILES string of the molecule is O=C(NCc1cn(-c2ccccc2)nc1-c1ccccc1)[C@H](Cc1ccccc1)n1cnnn1. The van der Waals surface area contributed by atoms with Gasteiger partial charge in [0, 0.05) is 30.3 Å². The van der Waals surface area contributed by atoms with Gasteiger partial charge in [-0.3, -0.25) is 4.79 Å². The molecule has 3 aromatic carbocycles. The minimum absolute atomic E-state index is 0.164. The lowest BCUT2D eigenvalue weighted by Gasteiger charge is -2.16. The quantitative estimate of drug-likeness (QED) is 0.391. The normalized spacial score (nSPS) is 11.8. The van der Waals surface area contributed by atoms with Gasteiger partial charge in [0.1, 0.15) is 12.4 Å². The van der Waals surface area contributed by atoms with Gasteiger partial charge in [0.15, 0.2) is 0 Å². The smallest absolute Gasteiger partial charge is 0.245 e. The van der Waals surface area contributed by atoms with Gasteiger partial charge in [-0.25, -0.2) is 9.36 Å². The van der Waals surface area contributed by atoms with Crippen LogP contribution in [-0.4, -0.2) is 35.9 Å². The van der Waals surface area contributed by atoms with Crippen molar-refractivity contribution in [3.8, 4) is 16.9 Å². The molecule has 1 atom stereocenters. The van der Waals surface area contributed by atoms with Crippen molar-refractivity contribution in [1.29, 1.82) is 0 Å². The van der Waals surface area contributed by atoms with Crippen LogP contribution in [-0.2, 0) is 17.8 Å². The fourth-order valence-electron chi connectivity index (χ4n) is 3.85. The van der Waals surface area contributed by atoms with Crippen LogP contribution in [0.4, 0.5) is 0 Å². The number of nitrogens with one attached hydrogen (secondary N) is 1. The Bertz CT molecular complexity index is 1330. The molecule has 0 radical (unpaired) electrons. The van der Waals surface area contributed by atoms with Crippen molar-refractivity contribution in [3.63, 3.8) is 0 Å². The molecule has 1 amide bonds. The molecule has 0 aliphatic rings. The van der Waals surface area contributed by atoms with Crippen LogP contribution < -0.4 is 5.32 Å². The predicted octanol–water partition coefficient (Wildman–Crippen LogP) is 3.63. The summed E-state index contributed by atoms with van der Waals surface area (Å²) < 4.78 is 3.33. The number of rotatable bonds is 8. The van der Waals surface area contributed by atoms with E-state index in [4.69, 9.17) is 5.10 Å². The lowest BCUT2D eigenvalue weighted by Crippen LogP contribution is -2.34. The van der Waals surface area contributed by atoms with Gasteiger partial charge in [-0.15, -0.1) is 5.10 Å². The molecule has 0 unspecified atom stereocenters. The molecule has 8 heteroatoms. The van der Waals surface area contributed by atoms with E-state index in [-0.39, 0.29) is 5.91 Å². The van der Waals surface area contributed by atoms with Crippen LogP contribution in [0.25, 0.3) is 16.9 Å². The van der Waals surface area contributed by atoms with Gasteiger partial charge in [0.2, 0.25) is 5.91 Å². The van der Waals surface area contributed by atoms with Crippen LogP contribution in [0.3, 0.4) is 0 Å². The zero-order valence-electron chi connectivity index (χ0n) is 18.4. The van der Waals surface area contributed by atoms with Gasteiger partial charge in [-0.05, 0) is 28.1 Å². The van der Waals surface area contributed by atoms with Crippen LogP contribution in [0, 0.1) is 0 Å². The molecule has 2 heterocycles. The van der Waals surface area contributed by atoms with Gasteiger partial charge in [-0.2, -0.15) is 5.10 Å². The van der Waals surface area contributed by atoms with E-state index < -0.39 is 6.04 Å². The average molecular weight is 450 g/mol. The minimum atomic E-state index is -0.568. The van der Waals surface area contributed by atoms with Crippen LogP contribution in [0.15, 0.2) is 104 Å². The highest BCUT2D eigenvalue weighted by Crippen LogP contribution is 2.24. The van der Waals surface area contributed by atoms with E-state index >= 15 is 0 Å². The summed E-state index contributed by atoms with van der Waals surface area (Å²) >= 11 is 0. The molecule has 0 saturated heterocycles. The van der Waals surface area contributed by atoms with Crippen LogP contribution in [0.1, 0.15) is 17.2 Å². The Morgan fingerprint density at radius 1 is 0.882 bits per heavy atom. The van der Waals surface area contributed by atoms with Crippen LogP contribution in [0.5, 0.6) is 0 Å². The van der Waals surface area contributed by atoms with Gasteiger partial charge < -0.3 is 5.32 Å². The summed E-state index contributed by atoms with van der Waals surface area (Å²) in [6, 6.07) is 29.1. The maximum Gasteiger partial charge on any atom is 0.245 e. The molecule has 0 saturated carbocycles. The van der Waals surface area contributed by atoms with Gasteiger partial charge in [-0.1, -0.05) is 78.9 Å². The third-order valence-electron chi connectivity index (χ3n) is 5.57. The molecule has 168 valence electrons. The maximum absolute atomic E-state index is 13.3. The van der Waals surface area contributed by atoms with E-state index in [2.05, 4.69) is 20.8 Å². The Morgan fingerprint density at radius 3 is 2.24 bits per heavy atom. The second kappa shape index (κ2) is 9.91. The standard InChI is InChI=1S/C26H23N7O/c34-26(24(33-19-28-30-31-33)16-20-10-4-1-5-11-20)27-17-22-18-32(23-14-8-3-9-15-23)29-25(22)21-12-6-2-7-13-21/h1-15,18-19,24H,16-17H2,(H,27,34)/t24-/m0/s1. The van der Waals surface area contributed by atoms with E-state index in [1.807, 2.05) is 102 Å². The summed E-state index contributed by atoms with van der Waals surface area (Å²) in [5.41, 5.74) is 4.71. The van der Waals surface area contributed by atoms with Gasteiger partial charge in [0.05, 0.1) is 11.4 Å². The Kier molecular flexibility index (Phi) is 6.20. The lowest BCUT2D eigenvalue weighted by molar-refractivity contribution is -0.124. The number of hydrogen-bond donors (Lipinski definition) is 1. The summed E-state index contributed by atoms with van der Waals surface area (Å²) in [5.74, 6) is -0.164. The van der Waals surface area contributed by atoms with E-state index in [9.17, 15) is 4.79 Å². The average Bonchev–Trinajstić information content (AvgIpc) is 3.58. The minimum Gasteiger partial charge on any atom is -0.350 e. The first-order valence-electron chi connectivity index (χ1n) is 11.0. The number of para-hydroxylation sites is 1. The third kappa shape index (κ3) is 4.75. The molecular formula is C26H23N7O. The van der Waals surface area contributed by atoms with Crippen molar-refractivity contribution >= 4 is 5.91 Å². The van der Waals surface area contributed by atoms with Crippen molar-refractivity contribution in [3.05, 3.63) is 115 Å². The second-order valence-electron chi connectivity index (χ2n) is 7.86. The Labute approximate surface area is 196 Å². The molecule has 1 N–H and O–H groups in total. The van der Waals surface area contributed by atoms with E-state index in [1.165, 1.54) is 11.0 Å². The second-order valence-corrected chi connectivity index (χ2v) is 7.86. The number of tetrazole rings is 1. The molecule has 0 aliphatic heterocycles. The number of hydrogen-bond acceptors (Lipinski definition) is 5. The molecule has 0 bridgehead atoms. The van der Waals surface area contributed by atoms with E-state index in [1.54, 1.807) is 0 Å². The first kappa shape index (κ1) is 21.3. The molecule has 5 aromatic rings. The number of amides is 1. The van der Waals surface area contributed by atoms with Gasteiger partial charge >= 0.3 is 0 Å². The number of benzene rings is 3. The monoisotopic (exact) mass is 449 g/mol. The number of carbonyl (C=O) groups excluding carboxylic acids is 1. The van der Waals surface area contributed by atoms with Crippen molar-refractivity contribution in [2.45, 2.75) is 19.0 Å². The maximum atomic E-state index is 13.3. The molecule has 0 spiro atoms. The predicted molar refractivity (Wildman–Crippen MR) is 128 cm³/mol. The number of nitrogens with zero attached hydrogens (tertiary/aromatic N) is 6. The molecule has 5 rings (SSSR count). The highest BCUT2D eigenvalue weighted by atomic mass is 16.2. The first-order chi connectivity index (χ1) is 16.8. The summed E-state index contributed by atoms with van der Waals surface area (Å²) in [4.78, 5) is 13.3. The summed E-state index contributed by atoms with van der Waals surface area (Å²) in [5, 5.41) is 19.3. The molecule has 2 aromatic heterocycles. The molecule has 34 heavy (non-hydrogen) atoms. The summed E-state index contributed by atoms with van der Waals surface area (Å²) in [7, 11) is 0. The lowest BCUT2D eigenvalue weighted by atomic mass is 10.0.